The highest BCUT2D eigenvalue weighted by molar-refractivity contribution is 5.28. The van der Waals surface area contributed by atoms with Gasteiger partial charge in [-0.2, -0.15) is 0 Å². The molecule has 0 aliphatic rings. The van der Waals surface area contributed by atoms with Gasteiger partial charge < -0.3 is 10.1 Å². The van der Waals surface area contributed by atoms with Gasteiger partial charge in [-0.05, 0) is 31.5 Å². The van der Waals surface area contributed by atoms with E-state index in [1.165, 1.54) is 5.56 Å². The maximum Gasteiger partial charge on any atom is 0.240 e. The van der Waals surface area contributed by atoms with Crippen molar-refractivity contribution in [2.24, 2.45) is 0 Å². The molecule has 2 rings (SSSR count). The van der Waals surface area contributed by atoms with Crippen molar-refractivity contribution in [3.8, 4) is 11.8 Å². The molecule has 0 atom stereocenters. The van der Waals surface area contributed by atoms with Crippen molar-refractivity contribution < 1.29 is 4.74 Å². The Labute approximate surface area is 113 Å². The third kappa shape index (κ3) is 3.79. The minimum absolute atomic E-state index is 0.549. The second-order valence-corrected chi connectivity index (χ2v) is 4.43. The summed E-state index contributed by atoms with van der Waals surface area (Å²) in [5.74, 6) is 1.14. The fourth-order valence-corrected chi connectivity index (χ4v) is 1.78. The van der Waals surface area contributed by atoms with Crippen LogP contribution in [0.5, 0.6) is 11.8 Å². The zero-order chi connectivity index (χ0) is 13.7. The lowest BCUT2D eigenvalue weighted by atomic mass is 10.2. The van der Waals surface area contributed by atoms with Crippen LogP contribution >= 0.6 is 0 Å². The van der Waals surface area contributed by atoms with Crippen LogP contribution in [0.3, 0.4) is 0 Å². The number of aromatic nitrogens is 3. The third-order valence-electron chi connectivity index (χ3n) is 2.75. The minimum Gasteiger partial charge on any atom is -0.419 e. The van der Waals surface area contributed by atoms with Crippen molar-refractivity contribution >= 4 is 0 Å². The molecule has 0 aliphatic heterocycles. The predicted molar refractivity (Wildman–Crippen MR) is 74.4 cm³/mol. The van der Waals surface area contributed by atoms with Gasteiger partial charge in [0.25, 0.3) is 0 Å². The molecule has 0 bridgehead atoms. The Morgan fingerprint density at radius 2 is 2.05 bits per heavy atom. The summed E-state index contributed by atoms with van der Waals surface area (Å²) >= 11 is 0. The molecular weight excluding hydrogens is 240 g/mol. The lowest BCUT2D eigenvalue weighted by Gasteiger charge is -2.08. The molecule has 0 fully saturated rings. The topological polar surface area (TPSA) is 62.8 Å². The molecule has 0 aliphatic carbocycles. The Kier molecular flexibility index (Phi) is 4.52. The number of nitrogens with zero attached hydrogens (tertiary/aromatic N) is 2. The lowest BCUT2D eigenvalue weighted by molar-refractivity contribution is 0.440. The Bertz CT molecular complexity index is 536. The van der Waals surface area contributed by atoms with Crippen molar-refractivity contribution in [3.05, 3.63) is 35.2 Å². The molecule has 0 spiro atoms. The van der Waals surface area contributed by atoms with E-state index < -0.39 is 0 Å². The second kappa shape index (κ2) is 6.33. The Hall–Kier alpha value is -1.88. The van der Waals surface area contributed by atoms with Crippen LogP contribution in [0.2, 0.25) is 0 Å². The summed E-state index contributed by atoms with van der Waals surface area (Å²) in [6.45, 7) is 7.88. The van der Waals surface area contributed by atoms with Crippen LogP contribution in [-0.4, -0.2) is 21.7 Å². The van der Waals surface area contributed by atoms with Crippen LogP contribution in [0.25, 0.3) is 0 Å². The lowest BCUT2D eigenvalue weighted by Crippen LogP contribution is -2.12. The van der Waals surface area contributed by atoms with Gasteiger partial charge in [0, 0.05) is 30.1 Å². The molecule has 2 aromatic rings. The summed E-state index contributed by atoms with van der Waals surface area (Å²) in [7, 11) is 0. The highest BCUT2D eigenvalue weighted by Crippen LogP contribution is 2.20. The van der Waals surface area contributed by atoms with Crippen molar-refractivity contribution in [2.45, 2.75) is 33.7 Å². The minimum atomic E-state index is 0.549. The summed E-state index contributed by atoms with van der Waals surface area (Å²) in [5.41, 5.74) is 3.17. The first-order chi connectivity index (χ1) is 9.21. The van der Waals surface area contributed by atoms with E-state index in [0.29, 0.717) is 11.8 Å². The zero-order valence-corrected chi connectivity index (χ0v) is 11.7. The van der Waals surface area contributed by atoms with Gasteiger partial charge >= 0.3 is 0 Å². The van der Waals surface area contributed by atoms with Gasteiger partial charge in [-0.15, -0.1) is 5.10 Å². The van der Waals surface area contributed by atoms with Gasteiger partial charge in [0.05, 0.1) is 0 Å². The first-order valence-electron chi connectivity index (χ1n) is 6.61. The number of ether oxygens (including phenoxy) is 1. The number of hydrogen-bond donors (Lipinski definition) is 2. The second-order valence-electron chi connectivity index (χ2n) is 4.43. The summed E-state index contributed by atoms with van der Waals surface area (Å²) < 4.78 is 5.68. The molecule has 2 heterocycles. The quantitative estimate of drug-likeness (QED) is 0.838. The normalized spacial score (nSPS) is 10.7. The fourth-order valence-electron chi connectivity index (χ4n) is 1.78. The van der Waals surface area contributed by atoms with Crippen LogP contribution in [0.1, 0.15) is 30.8 Å². The summed E-state index contributed by atoms with van der Waals surface area (Å²) in [4.78, 5) is 4.46. The van der Waals surface area contributed by atoms with Crippen LogP contribution < -0.4 is 10.1 Å². The van der Waals surface area contributed by atoms with Crippen LogP contribution in [0.15, 0.2) is 18.2 Å². The first kappa shape index (κ1) is 13.5. The molecule has 0 unspecified atom stereocenters. The van der Waals surface area contributed by atoms with Crippen LogP contribution in [-0.2, 0) is 13.0 Å². The van der Waals surface area contributed by atoms with E-state index in [9.17, 15) is 0 Å². The molecule has 2 N–H and O–H groups in total. The molecule has 0 amide bonds. The van der Waals surface area contributed by atoms with E-state index in [-0.39, 0.29) is 0 Å². The standard InChI is InChI=1S/C14H20N4O/c1-4-12-7-11(9-15-5-2)8-13(16-12)19-14-6-10(3)17-18-14/h6-8,15H,4-5,9H2,1-3H3,(H,17,18). The molecule has 5 nitrogen and oxygen atoms in total. The maximum absolute atomic E-state index is 5.68. The van der Waals surface area contributed by atoms with Gasteiger partial charge in [0.2, 0.25) is 11.8 Å². The Morgan fingerprint density at radius 1 is 1.21 bits per heavy atom. The SMILES string of the molecule is CCNCc1cc(CC)nc(Oc2cc(C)[nH]n2)c1. The van der Waals surface area contributed by atoms with E-state index in [0.717, 1.165) is 30.9 Å². The van der Waals surface area contributed by atoms with Gasteiger partial charge in [-0.3, -0.25) is 5.10 Å². The van der Waals surface area contributed by atoms with E-state index in [2.05, 4.69) is 40.4 Å². The average Bonchev–Trinajstić information content (AvgIpc) is 2.81. The van der Waals surface area contributed by atoms with Crippen molar-refractivity contribution in [1.29, 1.82) is 0 Å². The highest BCUT2D eigenvalue weighted by Gasteiger charge is 2.06. The van der Waals surface area contributed by atoms with Crippen molar-refractivity contribution in [1.82, 2.24) is 20.5 Å². The number of aryl methyl sites for hydroxylation is 2. The smallest absolute Gasteiger partial charge is 0.240 e. The molecule has 102 valence electrons. The Balaban J connectivity index is 2.18. The van der Waals surface area contributed by atoms with Crippen LogP contribution in [0.4, 0.5) is 0 Å². The van der Waals surface area contributed by atoms with Crippen molar-refractivity contribution in [2.75, 3.05) is 6.54 Å². The molecule has 0 saturated heterocycles. The summed E-state index contributed by atoms with van der Waals surface area (Å²) in [6.07, 6.45) is 0.885. The monoisotopic (exact) mass is 260 g/mol. The third-order valence-corrected chi connectivity index (χ3v) is 2.75. The largest absolute Gasteiger partial charge is 0.419 e. The predicted octanol–water partition coefficient (Wildman–Crippen LogP) is 2.58. The summed E-state index contributed by atoms with van der Waals surface area (Å²) in [5, 5.41) is 10.2. The molecular formula is C14H20N4O. The summed E-state index contributed by atoms with van der Waals surface area (Å²) in [6, 6.07) is 5.90. The van der Waals surface area contributed by atoms with E-state index in [1.807, 2.05) is 19.1 Å². The molecule has 19 heavy (non-hydrogen) atoms. The zero-order valence-electron chi connectivity index (χ0n) is 11.7. The number of aromatic amines is 1. The number of rotatable bonds is 6. The number of pyridine rings is 1. The van der Waals surface area contributed by atoms with E-state index >= 15 is 0 Å². The molecule has 0 aromatic carbocycles. The number of hydrogen-bond acceptors (Lipinski definition) is 4. The molecule has 0 radical (unpaired) electrons. The van der Waals surface area contributed by atoms with Gasteiger partial charge in [0.15, 0.2) is 0 Å². The van der Waals surface area contributed by atoms with Gasteiger partial charge in [-0.1, -0.05) is 13.8 Å². The van der Waals surface area contributed by atoms with Gasteiger partial charge in [-0.25, -0.2) is 4.98 Å². The van der Waals surface area contributed by atoms with Gasteiger partial charge in [0.1, 0.15) is 0 Å². The van der Waals surface area contributed by atoms with Crippen LogP contribution in [0, 0.1) is 6.92 Å². The van der Waals surface area contributed by atoms with Crippen molar-refractivity contribution in [3.63, 3.8) is 0 Å². The number of H-pyrrole nitrogens is 1. The maximum atomic E-state index is 5.68. The number of nitrogens with one attached hydrogen (secondary N) is 2. The molecule has 2 aromatic heterocycles. The Morgan fingerprint density at radius 3 is 2.68 bits per heavy atom. The molecule has 5 heteroatoms. The molecule has 0 saturated carbocycles. The average molecular weight is 260 g/mol. The fraction of sp³-hybridized carbons (Fsp3) is 0.429. The highest BCUT2D eigenvalue weighted by atomic mass is 16.5. The first-order valence-corrected chi connectivity index (χ1v) is 6.61. The van der Waals surface area contributed by atoms with E-state index in [4.69, 9.17) is 4.74 Å². The van der Waals surface area contributed by atoms with E-state index in [1.54, 1.807) is 0 Å².